The number of carbonyl (C=O) groups is 1. The summed E-state index contributed by atoms with van der Waals surface area (Å²) >= 11 is 5.92. The Morgan fingerprint density at radius 1 is 1.08 bits per heavy atom. The summed E-state index contributed by atoms with van der Waals surface area (Å²) in [6.07, 6.45) is 2.46. The van der Waals surface area contributed by atoms with Gasteiger partial charge >= 0.3 is 0 Å². The molecule has 1 amide bonds. The zero-order valence-electron chi connectivity index (χ0n) is 15.1. The molecule has 0 saturated heterocycles. The maximum absolute atomic E-state index is 12.5. The van der Waals surface area contributed by atoms with Crippen LogP contribution in [0.15, 0.2) is 42.5 Å². The number of hydrogen-bond donors (Lipinski definition) is 1. The highest BCUT2D eigenvalue weighted by atomic mass is 35.5. The number of benzene rings is 2. The van der Waals surface area contributed by atoms with Crippen LogP contribution in [0.25, 0.3) is 0 Å². The molecular formula is C19H23ClN2O3S. The fraction of sp³-hybridized carbons (Fsp3) is 0.316. The molecule has 2 aromatic carbocycles. The van der Waals surface area contributed by atoms with Crippen LogP contribution < -0.4 is 9.62 Å². The molecule has 140 valence electrons. The highest BCUT2D eigenvalue weighted by Crippen LogP contribution is 2.29. The molecule has 0 aliphatic carbocycles. The van der Waals surface area contributed by atoms with E-state index in [1.165, 1.54) is 4.31 Å². The van der Waals surface area contributed by atoms with E-state index in [0.717, 1.165) is 17.4 Å². The summed E-state index contributed by atoms with van der Waals surface area (Å²) in [5.74, 6) is -0.425. The molecule has 0 unspecified atom stereocenters. The van der Waals surface area contributed by atoms with E-state index in [-0.39, 0.29) is 6.54 Å². The van der Waals surface area contributed by atoms with E-state index in [1.54, 1.807) is 24.3 Å². The van der Waals surface area contributed by atoms with Gasteiger partial charge in [-0.2, -0.15) is 0 Å². The summed E-state index contributed by atoms with van der Waals surface area (Å²) < 4.78 is 26.1. The number of nitrogens with one attached hydrogen (secondary N) is 1. The van der Waals surface area contributed by atoms with E-state index in [2.05, 4.69) is 5.32 Å². The first kappa shape index (κ1) is 20.3. The van der Waals surface area contributed by atoms with E-state index in [4.69, 9.17) is 11.6 Å². The predicted octanol–water partition coefficient (Wildman–Crippen LogP) is 3.87. The largest absolute Gasteiger partial charge is 0.324 e. The lowest BCUT2D eigenvalue weighted by molar-refractivity contribution is -0.114. The van der Waals surface area contributed by atoms with Gasteiger partial charge in [-0.15, -0.1) is 0 Å². The molecule has 26 heavy (non-hydrogen) atoms. The third-order valence-corrected chi connectivity index (χ3v) is 5.36. The maximum Gasteiger partial charge on any atom is 0.245 e. The van der Waals surface area contributed by atoms with Crippen molar-refractivity contribution in [2.75, 3.05) is 22.4 Å². The van der Waals surface area contributed by atoms with Gasteiger partial charge in [-0.1, -0.05) is 49.7 Å². The molecule has 0 aliphatic heterocycles. The Balaban J connectivity index is 2.37. The van der Waals surface area contributed by atoms with Crippen LogP contribution in [0.3, 0.4) is 0 Å². The second kappa shape index (κ2) is 8.56. The lowest BCUT2D eigenvalue weighted by Gasteiger charge is -2.26. The zero-order valence-corrected chi connectivity index (χ0v) is 16.7. The van der Waals surface area contributed by atoms with Crippen LogP contribution in [0.5, 0.6) is 0 Å². The van der Waals surface area contributed by atoms with Crippen molar-refractivity contribution < 1.29 is 13.2 Å². The number of para-hydroxylation sites is 1. The van der Waals surface area contributed by atoms with Crippen molar-refractivity contribution in [3.05, 3.63) is 58.6 Å². The van der Waals surface area contributed by atoms with Crippen molar-refractivity contribution in [2.24, 2.45) is 0 Å². The van der Waals surface area contributed by atoms with Gasteiger partial charge in [0.05, 0.1) is 11.9 Å². The second-order valence-corrected chi connectivity index (χ2v) is 8.30. The summed E-state index contributed by atoms with van der Waals surface area (Å²) in [6, 6.07) is 12.4. The minimum absolute atomic E-state index is 0.296. The number of amides is 1. The summed E-state index contributed by atoms with van der Waals surface area (Å²) in [5.41, 5.74) is 2.91. The Bertz CT molecular complexity index is 875. The van der Waals surface area contributed by atoms with Gasteiger partial charge in [-0.25, -0.2) is 8.42 Å². The van der Waals surface area contributed by atoms with Crippen LogP contribution in [0.1, 0.15) is 25.0 Å². The van der Waals surface area contributed by atoms with Gasteiger partial charge in [-0.05, 0) is 42.2 Å². The molecule has 7 heteroatoms. The Hall–Kier alpha value is -2.05. The number of nitrogens with zero attached hydrogens (tertiary/aromatic N) is 1. The van der Waals surface area contributed by atoms with Crippen molar-refractivity contribution >= 4 is 38.9 Å². The van der Waals surface area contributed by atoms with Gasteiger partial charge in [0, 0.05) is 10.7 Å². The molecule has 0 aliphatic rings. The van der Waals surface area contributed by atoms with Crippen molar-refractivity contribution in [2.45, 2.75) is 26.7 Å². The monoisotopic (exact) mass is 394 g/mol. The molecule has 0 aromatic heterocycles. The van der Waals surface area contributed by atoms with Crippen LogP contribution in [0.4, 0.5) is 11.4 Å². The molecule has 0 saturated carbocycles. The Morgan fingerprint density at radius 3 is 2.15 bits per heavy atom. The molecule has 0 heterocycles. The SMILES string of the molecule is CCc1cccc(CC)c1N(CC(=O)Nc1cccc(Cl)c1)S(C)(=O)=O. The van der Waals surface area contributed by atoms with Crippen LogP contribution in [-0.2, 0) is 27.7 Å². The van der Waals surface area contributed by atoms with Crippen LogP contribution >= 0.6 is 11.6 Å². The van der Waals surface area contributed by atoms with Crippen molar-refractivity contribution in [3.8, 4) is 0 Å². The number of aryl methyl sites for hydroxylation is 2. The molecule has 0 bridgehead atoms. The van der Waals surface area contributed by atoms with Crippen molar-refractivity contribution in [1.29, 1.82) is 0 Å². The summed E-state index contributed by atoms with van der Waals surface area (Å²) in [7, 11) is -3.63. The first-order valence-electron chi connectivity index (χ1n) is 8.40. The minimum Gasteiger partial charge on any atom is -0.324 e. The minimum atomic E-state index is -3.63. The summed E-state index contributed by atoms with van der Waals surface area (Å²) in [5, 5.41) is 3.19. The third-order valence-electron chi connectivity index (χ3n) is 4.01. The van der Waals surface area contributed by atoms with Crippen LogP contribution in [0, 0.1) is 0 Å². The van der Waals surface area contributed by atoms with Gasteiger partial charge < -0.3 is 5.32 Å². The first-order valence-corrected chi connectivity index (χ1v) is 10.6. The fourth-order valence-electron chi connectivity index (χ4n) is 2.79. The average molecular weight is 395 g/mol. The predicted molar refractivity (Wildman–Crippen MR) is 107 cm³/mol. The first-order chi connectivity index (χ1) is 12.3. The lowest BCUT2D eigenvalue weighted by atomic mass is 10.0. The normalized spacial score (nSPS) is 11.2. The average Bonchev–Trinajstić information content (AvgIpc) is 2.58. The zero-order chi connectivity index (χ0) is 19.3. The molecule has 0 fully saturated rings. The number of hydrogen-bond acceptors (Lipinski definition) is 3. The quantitative estimate of drug-likeness (QED) is 0.775. The van der Waals surface area contributed by atoms with Gasteiger partial charge in [0.15, 0.2) is 0 Å². The van der Waals surface area contributed by atoms with E-state index in [0.29, 0.717) is 29.2 Å². The Morgan fingerprint density at radius 2 is 1.65 bits per heavy atom. The van der Waals surface area contributed by atoms with Crippen molar-refractivity contribution in [1.82, 2.24) is 0 Å². The topological polar surface area (TPSA) is 66.5 Å². The fourth-order valence-corrected chi connectivity index (χ4v) is 3.90. The Labute approximate surface area is 160 Å². The lowest BCUT2D eigenvalue weighted by Crippen LogP contribution is -2.38. The highest BCUT2D eigenvalue weighted by Gasteiger charge is 2.25. The highest BCUT2D eigenvalue weighted by molar-refractivity contribution is 7.92. The Kier molecular flexibility index (Phi) is 6.67. The van der Waals surface area contributed by atoms with Gasteiger partial charge in [0.2, 0.25) is 15.9 Å². The van der Waals surface area contributed by atoms with E-state index in [9.17, 15) is 13.2 Å². The molecular weight excluding hydrogens is 372 g/mol. The molecule has 2 aromatic rings. The molecule has 0 spiro atoms. The number of carbonyl (C=O) groups excluding carboxylic acids is 1. The van der Waals surface area contributed by atoms with Gasteiger partial charge in [0.1, 0.15) is 6.54 Å². The molecule has 2 rings (SSSR count). The number of rotatable bonds is 7. The second-order valence-electron chi connectivity index (χ2n) is 5.96. The number of sulfonamides is 1. The summed E-state index contributed by atoms with van der Waals surface area (Å²) in [4.78, 5) is 12.5. The van der Waals surface area contributed by atoms with Crippen LogP contribution in [-0.4, -0.2) is 27.1 Å². The van der Waals surface area contributed by atoms with Crippen molar-refractivity contribution in [3.63, 3.8) is 0 Å². The standard InChI is InChI=1S/C19H23ClN2O3S/c1-4-14-8-6-9-15(5-2)19(14)22(26(3,24)25)13-18(23)21-17-11-7-10-16(20)12-17/h6-12H,4-5,13H2,1-3H3,(H,21,23). The smallest absolute Gasteiger partial charge is 0.245 e. The maximum atomic E-state index is 12.5. The third kappa shape index (κ3) is 4.99. The number of anilines is 2. The number of halogens is 1. The van der Waals surface area contributed by atoms with E-state index in [1.807, 2.05) is 32.0 Å². The molecule has 0 atom stereocenters. The molecule has 1 N–H and O–H groups in total. The van der Waals surface area contributed by atoms with Crippen LogP contribution in [0.2, 0.25) is 5.02 Å². The van der Waals surface area contributed by atoms with Gasteiger partial charge in [0.25, 0.3) is 0 Å². The van der Waals surface area contributed by atoms with E-state index >= 15 is 0 Å². The molecule has 0 radical (unpaired) electrons. The van der Waals surface area contributed by atoms with Gasteiger partial charge in [-0.3, -0.25) is 9.10 Å². The van der Waals surface area contributed by atoms with E-state index < -0.39 is 15.9 Å². The summed E-state index contributed by atoms with van der Waals surface area (Å²) in [6.45, 7) is 3.63. The molecule has 5 nitrogen and oxygen atoms in total.